The quantitative estimate of drug-likeness (QED) is 0.482. The topological polar surface area (TPSA) is 118 Å². The van der Waals surface area contributed by atoms with Crippen molar-refractivity contribution in [1.82, 2.24) is 15.1 Å². The molecule has 0 amide bonds. The second kappa shape index (κ2) is 7.89. The van der Waals surface area contributed by atoms with Gasteiger partial charge in [-0.15, -0.1) is 0 Å². The van der Waals surface area contributed by atoms with Crippen molar-refractivity contribution in [3.8, 4) is 28.4 Å². The fourth-order valence-electron chi connectivity index (χ4n) is 3.96. The monoisotopic (exact) mass is 464 g/mol. The Balaban J connectivity index is 1.46. The molecule has 0 atom stereocenters. The summed E-state index contributed by atoms with van der Waals surface area (Å²) in [6.07, 6.45) is 0.599. The lowest BCUT2D eigenvalue weighted by molar-refractivity contribution is 0.388. The van der Waals surface area contributed by atoms with Crippen LogP contribution >= 0.6 is 0 Å². The van der Waals surface area contributed by atoms with Crippen LogP contribution < -0.4 is 14.8 Å². The summed E-state index contributed by atoms with van der Waals surface area (Å²) in [4.78, 5) is 18.2. The van der Waals surface area contributed by atoms with Gasteiger partial charge in [-0.2, -0.15) is 0 Å². The standard InChI is InChI=1S/C23H20N4O5S/c1-14-3-9-19(22(24-14)31-2)16-6-10-20-17(13-16)11-12-27(20)33(29,30)18-7-4-15(5-8-18)21-25-23(28)32-26-21/h3-10,13H,11-12H2,1-2H3,(H,25,26,28). The SMILES string of the molecule is COc1nc(C)ccc1-c1ccc2c(c1)CCN2S(=O)(=O)c1ccc(-c2noc(=O)[nH]2)cc1. The van der Waals surface area contributed by atoms with E-state index in [1.165, 1.54) is 16.4 Å². The molecule has 0 fully saturated rings. The van der Waals surface area contributed by atoms with E-state index in [1.807, 2.05) is 37.3 Å². The molecule has 0 spiro atoms. The highest BCUT2D eigenvalue weighted by Gasteiger charge is 2.31. The molecule has 1 N–H and O–H groups in total. The number of hydrogen-bond acceptors (Lipinski definition) is 7. The zero-order valence-corrected chi connectivity index (χ0v) is 18.7. The van der Waals surface area contributed by atoms with Crippen LogP contribution in [0.2, 0.25) is 0 Å². The molecule has 0 bridgehead atoms. The zero-order chi connectivity index (χ0) is 23.2. The number of H-pyrrole nitrogens is 1. The summed E-state index contributed by atoms with van der Waals surface area (Å²) in [6.45, 7) is 2.25. The van der Waals surface area contributed by atoms with Gasteiger partial charge >= 0.3 is 5.76 Å². The Hall–Kier alpha value is -3.92. The van der Waals surface area contributed by atoms with E-state index in [-0.39, 0.29) is 10.7 Å². The van der Waals surface area contributed by atoms with Gasteiger partial charge in [0, 0.05) is 23.4 Å². The molecule has 0 aliphatic carbocycles. The van der Waals surface area contributed by atoms with E-state index in [1.54, 1.807) is 19.2 Å². The summed E-state index contributed by atoms with van der Waals surface area (Å²) < 4.78 is 38.0. The Labute approximate surface area is 189 Å². The molecule has 0 unspecified atom stereocenters. The Kier molecular flexibility index (Phi) is 5.01. The van der Waals surface area contributed by atoms with Crippen molar-refractivity contribution in [3.05, 3.63) is 76.4 Å². The van der Waals surface area contributed by atoms with Crippen LogP contribution in [0.3, 0.4) is 0 Å². The van der Waals surface area contributed by atoms with Crippen LogP contribution in [0.1, 0.15) is 11.3 Å². The first-order chi connectivity index (χ1) is 15.9. The van der Waals surface area contributed by atoms with Gasteiger partial charge in [-0.25, -0.2) is 18.2 Å². The molecule has 0 saturated heterocycles. The molecule has 168 valence electrons. The normalized spacial score (nSPS) is 13.2. The first kappa shape index (κ1) is 21.0. The van der Waals surface area contributed by atoms with Crippen LogP contribution in [-0.2, 0) is 16.4 Å². The van der Waals surface area contributed by atoms with Crippen LogP contribution in [-0.4, -0.2) is 37.2 Å². The summed E-state index contributed by atoms with van der Waals surface area (Å²) in [5.41, 5.74) is 4.78. The summed E-state index contributed by atoms with van der Waals surface area (Å²) in [5, 5.41) is 3.62. The molecule has 2 aromatic carbocycles. The number of benzene rings is 2. The van der Waals surface area contributed by atoms with E-state index in [0.29, 0.717) is 30.1 Å². The number of nitrogens with one attached hydrogen (secondary N) is 1. The largest absolute Gasteiger partial charge is 0.481 e. The number of sulfonamides is 1. The zero-order valence-electron chi connectivity index (χ0n) is 17.9. The number of methoxy groups -OCH3 is 1. The lowest BCUT2D eigenvalue weighted by Crippen LogP contribution is -2.29. The highest BCUT2D eigenvalue weighted by molar-refractivity contribution is 7.92. The number of nitrogens with zero attached hydrogens (tertiary/aromatic N) is 3. The molecular weight excluding hydrogens is 444 g/mol. The first-order valence-electron chi connectivity index (χ1n) is 10.2. The second-order valence-corrected chi connectivity index (χ2v) is 9.51. The third-order valence-electron chi connectivity index (χ3n) is 5.59. The van der Waals surface area contributed by atoms with Gasteiger partial charge in [0.1, 0.15) is 0 Å². The number of hydrogen-bond donors (Lipinski definition) is 1. The summed E-state index contributed by atoms with van der Waals surface area (Å²) >= 11 is 0. The molecule has 9 nitrogen and oxygen atoms in total. The average molecular weight is 465 g/mol. The molecule has 0 saturated carbocycles. The van der Waals surface area contributed by atoms with E-state index >= 15 is 0 Å². The lowest BCUT2D eigenvalue weighted by Gasteiger charge is -2.20. The Bertz CT molecular complexity index is 1510. The van der Waals surface area contributed by atoms with Gasteiger partial charge < -0.3 is 4.74 Å². The number of rotatable bonds is 5. The van der Waals surface area contributed by atoms with E-state index < -0.39 is 15.8 Å². The lowest BCUT2D eigenvalue weighted by atomic mass is 10.0. The van der Waals surface area contributed by atoms with Crippen LogP contribution in [0.5, 0.6) is 5.88 Å². The minimum Gasteiger partial charge on any atom is -0.481 e. The van der Waals surface area contributed by atoms with Gasteiger partial charge in [0.15, 0.2) is 5.82 Å². The molecular formula is C23H20N4O5S. The Morgan fingerprint density at radius 2 is 1.82 bits per heavy atom. The van der Waals surface area contributed by atoms with Crippen molar-refractivity contribution in [2.45, 2.75) is 18.2 Å². The van der Waals surface area contributed by atoms with Crippen LogP contribution in [0.15, 0.2) is 68.8 Å². The summed E-state index contributed by atoms with van der Waals surface area (Å²) in [6, 6.07) is 15.7. The van der Waals surface area contributed by atoms with Crippen molar-refractivity contribution < 1.29 is 17.7 Å². The molecule has 2 aromatic heterocycles. The third kappa shape index (κ3) is 3.68. The minimum absolute atomic E-state index is 0.151. The molecule has 33 heavy (non-hydrogen) atoms. The summed E-state index contributed by atoms with van der Waals surface area (Å²) in [7, 11) is -2.18. The number of anilines is 1. The number of aromatic nitrogens is 3. The maximum Gasteiger partial charge on any atom is 0.439 e. The highest BCUT2D eigenvalue weighted by Crippen LogP contribution is 2.37. The molecule has 5 rings (SSSR count). The van der Waals surface area contributed by atoms with Crippen LogP contribution in [0.25, 0.3) is 22.5 Å². The van der Waals surface area contributed by atoms with Crippen LogP contribution in [0.4, 0.5) is 5.69 Å². The molecule has 3 heterocycles. The maximum atomic E-state index is 13.3. The Morgan fingerprint density at radius 1 is 1.06 bits per heavy atom. The molecule has 10 heteroatoms. The molecule has 1 aliphatic rings. The second-order valence-electron chi connectivity index (χ2n) is 7.65. The number of pyridine rings is 1. The van der Waals surface area contributed by atoms with Crippen molar-refractivity contribution in [3.63, 3.8) is 0 Å². The van der Waals surface area contributed by atoms with Gasteiger partial charge in [-0.3, -0.25) is 13.8 Å². The highest BCUT2D eigenvalue weighted by atomic mass is 32.2. The predicted octanol–water partition coefficient (Wildman–Crippen LogP) is 3.16. The fraction of sp³-hybridized carbons (Fsp3) is 0.174. The van der Waals surface area contributed by atoms with E-state index in [4.69, 9.17) is 4.74 Å². The van der Waals surface area contributed by atoms with Gasteiger partial charge in [0.2, 0.25) is 5.88 Å². The summed E-state index contributed by atoms with van der Waals surface area (Å²) in [5.74, 6) is 0.101. The van der Waals surface area contributed by atoms with Gasteiger partial charge in [-0.1, -0.05) is 11.2 Å². The van der Waals surface area contributed by atoms with Crippen LogP contribution in [0, 0.1) is 6.92 Å². The first-order valence-corrected chi connectivity index (χ1v) is 11.6. The average Bonchev–Trinajstić information content (AvgIpc) is 3.45. The van der Waals surface area contributed by atoms with Crippen molar-refractivity contribution in [1.29, 1.82) is 0 Å². The van der Waals surface area contributed by atoms with Crippen molar-refractivity contribution in [2.75, 3.05) is 18.0 Å². The number of fused-ring (bicyclic) bond motifs is 1. The smallest absolute Gasteiger partial charge is 0.439 e. The van der Waals surface area contributed by atoms with E-state index in [2.05, 4.69) is 19.6 Å². The minimum atomic E-state index is -3.76. The number of aryl methyl sites for hydroxylation is 1. The molecule has 1 aliphatic heterocycles. The predicted molar refractivity (Wildman–Crippen MR) is 122 cm³/mol. The van der Waals surface area contributed by atoms with Gasteiger partial charge in [-0.05, 0) is 73.0 Å². The fourth-order valence-corrected chi connectivity index (χ4v) is 5.47. The van der Waals surface area contributed by atoms with Crippen molar-refractivity contribution in [2.24, 2.45) is 0 Å². The third-order valence-corrected chi connectivity index (χ3v) is 7.42. The van der Waals surface area contributed by atoms with Gasteiger partial charge in [0.25, 0.3) is 10.0 Å². The van der Waals surface area contributed by atoms with Crippen molar-refractivity contribution >= 4 is 15.7 Å². The van der Waals surface area contributed by atoms with Gasteiger partial charge in [0.05, 0.1) is 17.7 Å². The van der Waals surface area contributed by atoms with E-state index in [0.717, 1.165) is 22.4 Å². The van der Waals surface area contributed by atoms with E-state index in [9.17, 15) is 13.2 Å². The Morgan fingerprint density at radius 3 is 2.52 bits per heavy atom. The molecule has 0 radical (unpaired) electrons. The number of aromatic amines is 1. The maximum absolute atomic E-state index is 13.3. The number of ether oxygens (including phenoxy) is 1. The molecule has 4 aromatic rings.